The predicted octanol–water partition coefficient (Wildman–Crippen LogP) is -0.321. The van der Waals surface area contributed by atoms with Crippen LogP contribution in [0.2, 0.25) is 0 Å². The molecule has 2 N–H and O–H groups in total. The minimum Gasteiger partial charge on any atom is -0.468 e. The van der Waals surface area contributed by atoms with Gasteiger partial charge in [-0.15, -0.1) is 0 Å². The summed E-state index contributed by atoms with van der Waals surface area (Å²) in [6, 6.07) is 0. The number of nitrogens with zero attached hydrogens (tertiary/aromatic N) is 2. The van der Waals surface area contributed by atoms with Crippen molar-refractivity contribution in [2.45, 2.75) is 19.8 Å². The fourth-order valence-corrected chi connectivity index (χ4v) is 1.49. The fraction of sp³-hybridized carbons (Fsp3) is 0.833. The van der Waals surface area contributed by atoms with Crippen molar-refractivity contribution in [1.29, 1.82) is 0 Å². The number of carbonyl (C=O) groups is 2. The number of amides is 1. The molecule has 0 bridgehead atoms. The molecule has 6 heteroatoms. The summed E-state index contributed by atoms with van der Waals surface area (Å²) in [5.41, 5.74) is 5.39. The van der Waals surface area contributed by atoms with Crippen molar-refractivity contribution in [3.8, 4) is 0 Å². The third kappa shape index (κ3) is 7.24. The molecule has 0 unspecified atom stereocenters. The van der Waals surface area contributed by atoms with Crippen LogP contribution in [0.1, 0.15) is 19.8 Å². The van der Waals surface area contributed by atoms with E-state index in [1.165, 1.54) is 7.11 Å². The highest BCUT2D eigenvalue weighted by atomic mass is 16.5. The maximum atomic E-state index is 11.8. The Morgan fingerprint density at radius 3 is 2.44 bits per heavy atom. The quantitative estimate of drug-likeness (QED) is 0.574. The smallest absolute Gasteiger partial charge is 0.319 e. The first-order valence-corrected chi connectivity index (χ1v) is 6.28. The molecule has 0 aliphatic carbocycles. The first-order valence-electron chi connectivity index (χ1n) is 6.28. The summed E-state index contributed by atoms with van der Waals surface area (Å²) in [6.45, 7) is 4.73. The molecule has 0 spiro atoms. The fourth-order valence-electron chi connectivity index (χ4n) is 1.49. The number of carbonyl (C=O) groups excluding carboxylic acids is 2. The van der Waals surface area contributed by atoms with E-state index in [-0.39, 0.29) is 18.4 Å². The Balaban J connectivity index is 3.96. The lowest BCUT2D eigenvalue weighted by Crippen LogP contribution is -2.35. The predicted molar refractivity (Wildman–Crippen MR) is 70.1 cm³/mol. The molecule has 0 fully saturated rings. The van der Waals surface area contributed by atoms with Crippen molar-refractivity contribution in [3.63, 3.8) is 0 Å². The van der Waals surface area contributed by atoms with E-state index in [0.29, 0.717) is 26.1 Å². The van der Waals surface area contributed by atoms with Gasteiger partial charge >= 0.3 is 5.97 Å². The highest BCUT2D eigenvalue weighted by molar-refractivity contribution is 5.76. The van der Waals surface area contributed by atoms with Gasteiger partial charge in [0.1, 0.15) is 0 Å². The van der Waals surface area contributed by atoms with Crippen molar-refractivity contribution in [3.05, 3.63) is 0 Å². The molecule has 6 nitrogen and oxygen atoms in total. The van der Waals surface area contributed by atoms with Gasteiger partial charge in [0.2, 0.25) is 5.91 Å². The maximum Gasteiger partial charge on any atom is 0.319 e. The van der Waals surface area contributed by atoms with Crippen molar-refractivity contribution in [1.82, 2.24) is 9.80 Å². The molecular formula is C12H25N3O3. The molecule has 0 saturated carbocycles. The number of ether oxygens (including phenoxy) is 1. The second-order valence-electron chi connectivity index (χ2n) is 4.15. The summed E-state index contributed by atoms with van der Waals surface area (Å²) in [4.78, 5) is 26.5. The average Bonchev–Trinajstić information content (AvgIpc) is 2.39. The van der Waals surface area contributed by atoms with Crippen LogP contribution in [0.3, 0.4) is 0 Å². The normalized spacial score (nSPS) is 10.5. The van der Waals surface area contributed by atoms with Crippen LogP contribution in [0.15, 0.2) is 0 Å². The lowest BCUT2D eigenvalue weighted by atomic mass is 10.3. The van der Waals surface area contributed by atoms with E-state index >= 15 is 0 Å². The SMILES string of the molecule is CCN(CCC(=O)N(C)CCCN)CC(=O)OC. The third-order valence-corrected chi connectivity index (χ3v) is 2.79. The first kappa shape index (κ1) is 16.9. The van der Waals surface area contributed by atoms with Gasteiger partial charge in [0.15, 0.2) is 0 Å². The molecule has 0 rings (SSSR count). The summed E-state index contributed by atoms with van der Waals surface area (Å²) in [7, 11) is 3.14. The van der Waals surface area contributed by atoms with Gasteiger partial charge in [0.25, 0.3) is 0 Å². The third-order valence-electron chi connectivity index (χ3n) is 2.79. The zero-order valence-corrected chi connectivity index (χ0v) is 11.6. The highest BCUT2D eigenvalue weighted by Crippen LogP contribution is 1.97. The molecule has 1 amide bonds. The van der Waals surface area contributed by atoms with Gasteiger partial charge in [-0.05, 0) is 19.5 Å². The second-order valence-corrected chi connectivity index (χ2v) is 4.15. The van der Waals surface area contributed by atoms with E-state index in [1.54, 1.807) is 11.9 Å². The maximum absolute atomic E-state index is 11.8. The van der Waals surface area contributed by atoms with E-state index in [2.05, 4.69) is 4.74 Å². The Labute approximate surface area is 109 Å². The lowest BCUT2D eigenvalue weighted by Gasteiger charge is -2.21. The van der Waals surface area contributed by atoms with Gasteiger partial charge in [-0.25, -0.2) is 0 Å². The van der Waals surface area contributed by atoms with Gasteiger partial charge in [-0.2, -0.15) is 0 Å². The number of likely N-dealkylation sites (N-methyl/N-ethyl adjacent to an activating group) is 1. The Morgan fingerprint density at radius 2 is 1.94 bits per heavy atom. The topological polar surface area (TPSA) is 75.9 Å². The monoisotopic (exact) mass is 259 g/mol. The van der Waals surface area contributed by atoms with Crippen LogP contribution in [0, 0.1) is 0 Å². The van der Waals surface area contributed by atoms with Crippen LogP contribution in [-0.2, 0) is 14.3 Å². The Kier molecular flexibility index (Phi) is 9.22. The van der Waals surface area contributed by atoms with Crippen molar-refractivity contribution < 1.29 is 14.3 Å². The number of esters is 1. The Bertz CT molecular complexity index is 259. The molecule has 0 saturated heterocycles. The Hall–Kier alpha value is -1.14. The summed E-state index contributed by atoms with van der Waals surface area (Å²) >= 11 is 0. The van der Waals surface area contributed by atoms with E-state index in [1.807, 2.05) is 11.8 Å². The minimum atomic E-state index is -0.277. The summed E-state index contributed by atoms with van der Waals surface area (Å²) in [5, 5.41) is 0. The number of hydrogen-bond acceptors (Lipinski definition) is 5. The molecule has 0 heterocycles. The van der Waals surface area contributed by atoms with Gasteiger partial charge in [-0.1, -0.05) is 6.92 Å². The number of rotatable bonds is 9. The second kappa shape index (κ2) is 9.85. The van der Waals surface area contributed by atoms with E-state index in [9.17, 15) is 9.59 Å². The first-order chi connectivity index (χ1) is 8.54. The molecule has 106 valence electrons. The summed E-state index contributed by atoms with van der Waals surface area (Å²) in [6.07, 6.45) is 1.22. The largest absolute Gasteiger partial charge is 0.468 e. The van der Waals surface area contributed by atoms with Crippen molar-refractivity contribution in [2.24, 2.45) is 5.73 Å². The number of hydrogen-bond donors (Lipinski definition) is 1. The molecule has 0 aliphatic heterocycles. The standard InChI is InChI=1S/C12H25N3O3/c1-4-15(10-12(17)18-3)9-6-11(16)14(2)8-5-7-13/h4-10,13H2,1-3H3. The van der Waals surface area contributed by atoms with Crippen LogP contribution >= 0.6 is 0 Å². The van der Waals surface area contributed by atoms with Gasteiger partial charge in [0, 0.05) is 26.6 Å². The van der Waals surface area contributed by atoms with Crippen molar-refractivity contribution in [2.75, 3.05) is 46.9 Å². The molecular weight excluding hydrogens is 234 g/mol. The van der Waals surface area contributed by atoms with Crippen molar-refractivity contribution >= 4 is 11.9 Å². The van der Waals surface area contributed by atoms with E-state index < -0.39 is 0 Å². The zero-order valence-electron chi connectivity index (χ0n) is 11.6. The Morgan fingerprint density at radius 1 is 1.28 bits per heavy atom. The molecule has 0 atom stereocenters. The molecule has 18 heavy (non-hydrogen) atoms. The van der Waals surface area contributed by atoms with Gasteiger partial charge in [-0.3, -0.25) is 14.5 Å². The van der Waals surface area contributed by atoms with Gasteiger partial charge < -0.3 is 15.4 Å². The number of nitrogens with two attached hydrogens (primary N) is 1. The lowest BCUT2D eigenvalue weighted by molar-refractivity contribution is -0.142. The highest BCUT2D eigenvalue weighted by Gasteiger charge is 2.13. The van der Waals surface area contributed by atoms with Crippen LogP contribution in [0.25, 0.3) is 0 Å². The van der Waals surface area contributed by atoms with Crippen LogP contribution in [0.4, 0.5) is 0 Å². The average molecular weight is 259 g/mol. The molecule has 0 aromatic carbocycles. The van der Waals surface area contributed by atoms with Gasteiger partial charge in [0.05, 0.1) is 13.7 Å². The molecule has 0 radical (unpaired) electrons. The van der Waals surface area contributed by atoms with Crippen LogP contribution in [0.5, 0.6) is 0 Å². The molecule has 0 aromatic heterocycles. The van der Waals surface area contributed by atoms with E-state index in [0.717, 1.165) is 13.0 Å². The summed E-state index contributed by atoms with van der Waals surface area (Å²) in [5.74, 6) is -0.201. The molecule has 0 aromatic rings. The number of methoxy groups -OCH3 is 1. The minimum absolute atomic E-state index is 0.0757. The zero-order chi connectivity index (χ0) is 14.0. The molecule has 0 aliphatic rings. The van der Waals surface area contributed by atoms with Crippen LogP contribution < -0.4 is 5.73 Å². The van der Waals surface area contributed by atoms with E-state index in [4.69, 9.17) is 5.73 Å². The summed E-state index contributed by atoms with van der Waals surface area (Å²) < 4.78 is 4.60. The van der Waals surface area contributed by atoms with Crippen LogP contribution in [-0.4, -0.2) is 68.6 Å².